The van der Waals surface area contributed by atoms with Gasteiger partial charge in [-0.2, -0.15) is 5.26 Å². The number of nitrogens with zero attached hydrogens (tertiary/aromatic N) is 1. The zero-order valence-electron chi connectivity index (χ0n) is 9.67. The second-order valence-corrected chi connectivity index (χ2v) is 3.84. The maximum Gasteiger partial charge on any atom is 0.182 e. The van der Waals surface area contributed by atoms with Crippen molar-refractivity contribution < 1.29 is 8.78 Å². The van der Waals surface area contributed by atoms with Gasteiger partial charge in [-0.15, -0.1) is 0 Å². The molecule has 0 heterocycles. The number of nitriles is 1. The topological polar surface area (TPSA) is 35.8 Å². The van der Waals surface area contributed by atoms with E-state index < -0.39 is 11.6 Å². The molecule has 2 aromatic carbocycles. The van der Waals surface area contributed by atoms with Gasteiger partial charge in [0.2, 0.25) is 0 Å². The molecule has 0 saturated carbocycles. The predicted octanol–water partition coefficient (Wildman–Crippen LogP) is 3.89. The summed E-state index contributed by atoms with van der Waals surface area (Å²) in [6.07, 6.45) is 0. The summed E-state index contributed by atoms with van der Waals surface area (Å²) < 4.78 is 26.6. The molecule has 0 unspecified atom stereocenters. The first-order valence-electron chi connectivity index (χ1n) is 5.34. The van der Waals surface area contributed by atoms with Crippen molar-refractivity contribution in [3.63, 3.8) is 0 Å². The van der Waals surface area contributed by atoms with Crippen LogP contribution in [-0.2, 0) is 0 Å². The molecule has 2 rings (SSSR count). The zero-order chi connectivity index (χ0) is 13.1. The highest BCUT2D eigenvalue weighted by molar-refractivity contribution is 5.70. The number of anilines is 2. The third-order valence-corrected chi connectivity index (χ3v) is 2.60. The van der Waals surface area contributed by atoms with E-state index in [1.54, 1.807) is 25.1 Å². The molecule has 1 N–H and O–H groups in total. The summed E-state index contributed by atoms with van der Waals surface area (Å²) in [5.41, 5.74) is 1.68. The molecule has 0 bridgehead atoms. The first kappa shape index (κ1) is 12.1. The average Bonchev–Trinajstić information content (AvgIpc) is 2.37. The molecule has 0 atom stereocenters. The van der Waals surface area contributed by atoms with Crippen LogP contribution in [0.1, 0.15) is 11.1 Å². The Balaban J connectivity index is 2.47. The van der Waals surface area contributed by atoms with E-state index in [1.807, 2.05) is 6.07 Å². The second kappa shape index (κ2) is 4.84. The van der Waals surface area contributed by atoms with Gasteiger partial charge < -0.3 is 5.32 Å². The number of hydrogen-bond acceptors (Lipinski definition) is 2. The zero-order valence-corrected chi connectivity index (χ0v) is 9.67. The fourth-order valence-electron chi connectivity index (χ4n) is 1.66. The Hall–Kier alpha value is -2.41. The molecule has 0 fully saturated rings. The van der Waals surface area contributed by atoms with Crippen LogP contribution in [0.2, 0.25) is 0 Å². The third kappa shape index (κ3) is 2.16. The number of nitrogens with one attached hydrogen (secondary N) is 1. The van der Waals surface area contributed by atoms with Crippen LogP contribution in [0.25, 0.3) is 0 Å². The number of benzene rings is 2. The van der Waals surface area contributed by atoms with E-state index in [2.05, 4.69) is 5.32 Å². The van der Waals surface area contributed by atoms with Crippen LogP contribution in [0.4, 0.5) is 20.2 Å². The Morgan fingerprint density at radius 3 is 2.56 bits per heavy atom. The van der Waals surface area contributed by atoms with E-state index in [-0.39, 0.29) is 5.69 Å². The monoisotopic (exact) mass is 244 g/mol. The molecule has 0 aromatic heterocycles. The lowest BCUT2D eigenvalue weighted by Crippen LogP contribution is -2.00. The molecule has 0 amide bonds. The van der Waals surface area contributed by atoms with Crippen molar-refractivity contribution in [1.82, 2.24) is 0 Å². The summed E-state index contributed by atoms with van der Waals surface area (Å²) in [7, 11) is 0. The van der Waals surface area contributed by atoms with Gasteiger partial charge in [0, 0.05) is 0 Å². The quantitative estimate of drug-likeness (QED) is 0.869. The summed E-state index contributed by atoms with van der Waals surface area (Å²) in [6.45, 7) is 1.79. The predicted molar refractivity (Wildman–Crippen MR) is 65.5 cm³/mol. The highest BCUT2D eigenvalue weighted by atomic mass is 19.2. The highest BCUT2D eigenvalue weighted by Crippen LogP contribution is 2.26. The minimum absolute atomic E-state index is 0.0146. The van der Waals surface area contributed by atoms with Gasteiger partial charge in [-0.1, -0.05) is 18.2 Å². The van der Waals surface area contributed by atoms with Gasteiger partial charge >= 0.3 is 0 Å². The number of hydrogen-bond donors (Lipinski definition) is 1. The fraction of sp³-hybridized carbons (Fsp3) is 0.0714. The van der Waals surface area contributed by atoms with Crippen LogP contribution in [-0.4, -0.2) is 0 Å². The minimum Gasteiger partial charge on any atom is -0.352 e. The molecular weight excluding hydrogens is 234 g/mol. The molecule has 90 valence electrons. The molecule has 2 aromatic rings. The highest BCUT2D eigenvalue weighted by Gasteiger charge is 2.11. The molecule has 4 heteroatoms. The Morgan fingerprint density at radius 2 is 1.83 bits per heavy atom. The Kier molecular flexibility index (Phi) is 3.24. The van der Waals surface area contributed by atoms with Gasteiger partial charge in [0.15, 0.2) is 11.6 Å². The lowest BCUT2D eigenvalue weighted by atomic mass is 10.1. The average molecular weight is 244 g/mol. The van der Waals surface area contributed by atoms with Crippen molar-refractivity contribution >= 4 is 11.4 Å². The van der Waals surface area contributed by atoms with Gasteiger partial charge in [-0.3, -0.25) is 0 Å². The molecule has 0 spiro atoms. The first-order valence-corrected chi connectivity index (χ1v) is 5.34. The third-order valence-electron chi connectivity index (χ3n) is 2.60. The van der Waals surface area contributed by atoms with Crippen LogP contribution in [0.15, 0.2) is 36.4 Å². The Labute approximate surface area is 103 Å². The molecular formula is C14H10F2N2. The van der Waals surface area contributed by atoms with Gasteiger partial charge in [-0.05, 0) is 30.7 Å². The molecule has 0 radical (unpaired) electrons. The van der Waals surface area contributed by atoms with Crippen LogP contribution < -0.4 is 5.32 Å². The standard InChI is InChI=1S/C14H10F2N2/c1-9-4-2-5-10(8-17)14(9)18-12-7-3-6-11(15)13(12)16/h2-7,18H,1H3. The number of aryl methyl sites for hydroxylation is 1. The van der Waals surface area contributed by atoms with Crippen LogP contribution in [0.3, 0.4) is 0 Å². The summed E-state index contributed by atoms with van der Waals surface area (Å²) >= 11 is 0. The van der Waals surface area contributed by atoms with Crippen LogP contribution >= 0.6 is 0 Å². The number of rotatable bonds is 2. The molecule has 0 aliphatic rings. The van der Waals surface area contributed by atoms with E-state index in [0.29, 0.717) is 11.3 Å². The van der Waals surface area contributed by atoms with Crippen molar-refractivity contribution in [2.45, 2.75) is 6.92 Å². The lowest BCUT2D eigenvalue weighted by molar-refractivity contribution is 0.512. The van der Waals surface area contributed by atoms with E-state index in [9.17, 15) is 8.78 Å². The van der Waals surface area contributed by atoms with Gasteiger partial charge in [0.25, 0.3) is 0 Å². The van der Waals surface area contributed by atoms with Gasteiger partial charge in [-0.25, -0.2) is 8.78 Å². The van der Waals surface area contributed by atoms with Gasteiger partial charge in [0.05, 0.1) is 16.9 Å². The second-order valence-electron chi connectivity index (χ2n) is 3.84. The number of halogens is 2. The molecule has 0 saturated heterocycles. The summed E-state index contributed by atoms with van der Waals surface area (Å²) in [5.74, 6) is -1.88. The van der Waals surface area contributed by atoms with Gasteiger partial charge in [0.1, 0.15) is 6.07 Å². The fourth-order valence-corrected chi connectivity index (χ4v) is 1.66. The van der Waals surface area contributed by atoms with E-state index in [0.717, 1.165) is 11.6 Å². The SMILES string of the molecule is Cc1cccc(C#N)c1Nc1cccc(F)c1F. The smallest absolute Gasteiger partial charge is 0.182 e. The minimum atomic E-state index is -0.954. The largest absolute Gasteiger partial charge is 0.352 e. The summed E-state index contributed by atoms with van der Waals surface area (Å²) in [4.78, 5) is 0. The van der Waals surface area contributed by atoms with Crippen molar-refractivity contribution in [3.8, 4) is 6.07 Å². The number of para-hydroxylation sites is 1. The van der Waals surface area contributed by atoms with Crippen molar-refractivity contribution in [2.24, 2.45) is 0 Å². The van der Waals surface area contributed by atoms with E-state index >= 15 is 0 Å². The molecule has 0 aliphatic heterocycles. The summed E-state index contributed by atoms with van der Waals surface area (Å²) in [6, 6.07) is 11.0. The maximum atomic E-state index is 13.5. The Morgan fingerprint density at radius 1 is 1.11 bits per heavy atom. The van der Waals surface area contributed by atoms with Crippen molar-refractivity contribution in [2.75, 3.05) is 5.32 Å². The first-order chi connectivity index (χ1) is 8.63. The van der Waals surface area contributed by atoms with Crippen molar-refractivity contribution in [1.29, 1.82) is 5.26 Å². The van der Waals surface area contributed by atoms with E-state index in [4.69, 9.17) is 5.26 Å². The molecule has 2 nitrogen and oxygen atoms in total. The van der Waals surface area contributed by atoms with E-state index in [1.165, 1.54) is 12.1 Å². The Bertz CT molecular complexity index is 630. The normalized spacial score (nSPS) is 9.89. The van der Waals surface area contributed by atoms with Crippen LogP contribution in [0.5, 0.6) is 0 Å². The summed E-state index contributed by atoms with van der Waals surface area (Å²) in [5, 5.41) is 11.8. The maximum absolute atomic E-state index is 13.5. The molecule has 18 heavy (non-hydrogen) atoms. The van der Waals surface area contributed by atoms with Crippen molar-refractivity contribution in [3.05, 3.63) is 59.2 Å². The molecule has 0 aliphatic carbocycles. The van der Waals surface area contributed by atoms with Crippen LogP contribution in [0, 0.1) is 29.9 Å². The lowest BCUT2D eigenvalue weighted by Gasteiger charge is -2.12.